The van der Waals surface area contributed by atoms with E-state index >= 15 is 0 Å². The van der Waals surface area contributed by atoms with Crippen LogP contribution in [0.4, 0.5) is 0 Å². The zero-order valence-electron chi connectivity index (χ0n) is 18.9. The van der Waals surface area contributed by atoms with E-state index in [2.05, 4.69) is 46.0 Å². The Morgan fingerprint density at radius 2 is 1.83 bits per heavy atom. The molecule has 0 aliphatic carbocycles. The van der Waals surface area contributed by atoms with Crippen molar-refractivity contribution in [3.05, 3.63) is 48.0 Å². The number of ether oxygens (including phenoxy) is 3. The van der Waals surface area contributed by atoms with Crippen molar-refractivity contribution in [1.82, 2.24) is 0 Å². The van der Waals surface area contributed by atoms with Crippen molar-refractivity contribution >= 4 is 19.9 Å². The van der Waals surface area contributed by atoms with Crippen LogP contribution in [-0.4, -0.2) is 44.9 Å². The summed E-state index contributed by atoms with van der Waals surface area (Å²) in [6.45, 7) is 16.1. The van der Waals surface area contributed by atoms with Crippen LogP contribution in [0.2, 0.25) is 18.1 Å². The first-order chi connectivity index (χ1) is 13.5. The molecule has 0 unspecified atom stereocenters. The molecule has 0 spiro atoms. The molecular formula is C23H37ClO4Si. The van der Waals surface area contributed by atoms with Gasteiger partial charge in [0.05, 0.1) is 19.3 Å². The Kier molecular flexibility index (Phi) is 8.54. The van der Waals surface area contributed by atoms with Crippen LogP contribution in [0, 0.1) is 0 Å². The molecule has 1 aliphatic rings. The fourth-order valence-electron chi connectivity index (χ4n) is 3.06. The molecule has 1 heterocycles. The fourth-order valence-corrected chi connectivity index (χ4v) is 4.47. The average Bonchev–Trinajstić information content (AvgIpc) is 2.93. The quantitative estimate of drug-likeness (QED) is 0.272. The highest BCUT2D eigenvalue weighted by molar-refractivity contribution is 6.74. The molecule has 0 bridgehead atoms. The van der Waals surface area contributed by atoms with Crippen molar-refractivity contribution in [3.8, 4) is 0 Å². The average molecular weight is 441 g/mol. The van der Waals surface area contributed by atoms with Crippen molar-refractivity contribution in [1.29, 1.82) is 0 Å². The summed E-state index contributed by atoms with van der Waals surface area (Å²) in [5.74, 6) is -0.244. The lowest BCUT2D eigenvalue weighted by atomic mass is 10.1. The van der Waals surface area contributed by atoms with Crippen LogP contribution >= 0.6 is 11.6 Å². The molecule has 2 rings (SSSR count). The topological polar surface area (TPSA) is 36.9 Å². The molecule has 0 radical (unpaired) electrons. The molecule has 0 saturated carbocycles. The predicted octanol–water partition coefficient (Wildman–Crippen LogP) is 5.91. The molecule has 0 amide bonds. The van der Waals surface area contributed by atoms with E-state index in [9.17, 15) is 0 Å². The SMILES string of the molecule is CC1(C)O[C@H]([C@H](COCc2ccccc2)O[Si](C)(C)C(C)(C)C)[C@H](/C=C\CCl)O1. The van der Waals surface area contributed by atoms with Crippen LogP contribution in [0.3, 0.4) is 0 Å². The Labute approximate surface area is 182 Å². The Bertz CT molecular complexity index is 655. The lowest BCUT2D eigenvalue weighted by Gasteiger charge is -2.41. The van der Waals surface area contributed by atoms with E-state index in [4.69, 9.17) is 30.2 Å². The van der Waals surface area contributed by atoms with Gasteiger partial charge in [0, 0.05) is 5.88 Å². The molecule has 4 nitrogen and oxygen atoms in total. The van der Waals surface area contributed by atoms with Gasteiger partial charge in [0.2, 0.25) is 0 Å². The number of hydrogen-bond donors (Lipinski definition) is 0. The highest BCUT2D eigenvalue weighted by atomic mass is 35.5. The summed E-state index contributed by atoms with van der Waals surface area (Å²) >= 11 is 5.86. The van der Waals surface area contributed by atoms with Gasteiger partial charge in [0.25, 0.3) is 0 Å². The first-order valence-corrected chi connectivity index (χ1v) is 13.8. The van der Waals surface area contributed by atoms with Crippen molar-refractivity contribution in [3.63, 3.8) is 0 Å². The van der Waals surface area contributed by atoms with Gasteiger partial charge < -0.3 is 18.6 Å². The van der Waals surface area contributed by atoms with Gasteiger partial charge in [-0.25, -0.2) is 0 Å². The molecule has 1 saturated heterocycles. The number of benzene rings is 1. The zero-order valence-corrected chi connectivity index (χ0v) is 20.7. The molecule has 1 aromatic rings. The van der Waals surface area contributed by atoms with Gasteiger partial charge in [-0.2, -0.15) is 0 Å². The third kappa shape index (κ3) is 7.19. The van der Waals surface area contributed by atoms with Gasteiger partial charge in [-0.3, -0.25) is 0 Å². The standard InChI is InChI=1S/C23H37ClO4Si/c1-22(2,3)29(6,7)28-20(17-25-16-18-12-9-8-10-13-18)21-19(14-11-15-24)26-23(4,5)27-21/h8-14,19-21H,15-17H2,1-7H3/b14-11-/t19-,20-,21-/m0/s1. The largest absolute Gasteiger partial charge is 0.409 e. The van der Waals surface area contributed by atoms with Crippen LogP contribution in [0.5, 0.6) is 0 Å². The number of allylic oxidation sites excluding steroid dienone is 1. The Morgan fingerprint density at radius 3 is 2.41 bits per heavy atom. The summed E-state index contributed by atoms with van der Waals surface area (Å²) in [7, 11) is -2.04. The lowest BCUT2D eigenvalue weighted by molar-refractivity contribution is -0.156. The number of alkyl halides is 1. The maximum absolute atomic E-state index is 6.77. The van der Waals surface area contributed by atoms with Gasteiger partial charge in [-0.05, 0) is 37.5 Å². The van der Waals surface area contributed by atoms with E-state index in [-0.39, 0.29) is 23.4 Å². The minimum absolute atomic E-state index is 0.0845. The van der Waals surface area contributed by atoms with E-state index in [1.807, 2.05) is 44.2 Å². The van der Waals surface area contributed by atoms with Gasteiger partial charge in [-0.15, -0.1) is 11.6 Å². The summed E-state index contributed by atoms with van der Waals surface area (Å²) in [6, 6.07) is 10.2. The van der Waals surface area contributed by atoms with E-state index < -0.39 is 14.1 Å². The highest BCUT2D eigenvalue weighted by Crippen LogP contribution is 2.40. The van der Waals surface area contributed by atoms with Crippen molar-refractivity contribution in [2.75, 3.05) is 12.5 Å². The maximum atomic E-state index is 6.77. The molecule has 1 aromatic carbocycles. The first kappa shape index (κ1) is 24.6. The Balaban J connectivity index is 2.19. The summed E-state index contributed by atoms with van der Waals surface area (Å²) in [5.41, 5.74) is 1.14. The number of rotatable bonds is 9. The smallest absolute Gasteiger partial charge is 0.192 e. The lowest BCUT2D eigenvalue weighted by Crippen LogP contribution is -2.50. The van der Waals surface area contributed by atoms with Crippen LogP contribution in [-0.2, 0) is 25.2 Å². The molecule has 0 N–H and O–H groups in total. The van der Waals surface area contributed by atoms with E-state index in [0.29, 0.717) is 19.1 Å². The molecular weight excluding hydrogens is 404 g/mol. The summed E-state index contributed by atoms with van der Waals surface area (Å²) in [5, 5.41) is 0.0845. The van der Waals surface area contributed by atoms with Crippen molar-refractivity contribution < 1.29 is 18.6 Å². The minimum atomic E-state index is -2.04. The molecule has 29 heavy (non-hydrogen) atoms. The highest BCUT2D eigenvalue weighted by Gasteiger charge is 2.48. The molecule has 6 heteroatoms. The van der Waals surface area contributed by atoms with E-state index in [1.54, 1.807) is 0 Å². The van der Waals surface area contributed by atoms with Crippen LogP contribution in [0.15, 0.2) is 42.5 Å². The van der Waals surface area contributed by atoms with Gasteiger partial charge in [0.15, 0.2) is 14.1 Å². The Morgan fingerprint density at radius 1 is 1.17 bits per heavy atom. The first-order valence-electron chi connectivity index (χ1n) is 10.3. The third-order valence-electron chi connectivity index (χ3n) is 5.59. The Hall–Kier alpha value is -0.693. The number of hydrogen-bond acceptors (Lipinski definition) is 4. The van der Waals surface area contributed by atoms with Gasteiger partial charge in [0.1, 0.15) is 12.2 Å². The zero-order chi connectivity index (χ0) is 21.7. The normalized spacial score (nSPS) is 23.6. The van der Waals surface area contributed by atoms with Crippen molar-refractivity contribution in [2.24, 2.45) is 0 Å². The molecule has 1 aliphatic heterocycles. The van der Waals surface area contributed by atoms with Crippen LogP contribution < -0.4 is 0 Å². The third-order valence-corrected chi connectivity index (χ3v) is 10.3. The second-order valence-corrected chi connectivity index (χ2v) is 14.6. The number of halogens is 1. The second-order valence-electron chi connectivity index (χ2n) is 9.56. The summed E-state index contributed by atoms with van der Waals surface area (Å²) < 4.78 is 25.3. The molecule has 1 fully saturated rings. The van der Waals surface area contributed by atoms with E-state index in [0.717, 1.165) is 5.56 Å². The summed E-state index contributed by atoms with van der Waals surface area (Å²) in [4.78, 5) is 0. The predicted molar refractivity (Wildman–Crippen MR) is 122 cm³/mol. The van der Waals surface area contributed by atoms with Crippen LogP contribution in [0.25, 0.3) is 0 Å². The van der Waals surface area contributed by atoms with Gasteiger partial charge >= 0.3 is 0 Å². The minimum Gasteiger partial charge on any atom is -0.409 e. The molecule has 0 aromatic heterocycles. The monoisotopic (exact) mass is 440 g/mol. The van der Waals surface area contributed by atoms with Gasteiger partial charge in [-0.1, -0.05) is 63.3 Å². The summed E-state index contributed by atoms with van der Waals surface area (Å²) in [6.07, 6.45) is 3.17. The fraction of sp³-hybridized carbons (Fsp3) is 0.652. The molecule has 164 valence electrons. The van der Waals surface area contributed by atoms with Crippen molar-refractivity contribution in [2.45, 2.75) is 83.5 Å². The van der Waals surface area contributed by atoms with E-state index in [1.165, 1.54) is 0 Å². The second kappa shape index (κ2) is 10.1. The molecule has 3 atom stereocenters. The maximum Gasteiger partial charge on any atom is 0.192 e. The van der Waals surface area contributed by atoms with Crippen LogP contribution in [0.1, 0.15) is 40.2 Å².